The predicted molar refractivity (Wildman–Crippen MR) is 84.4 cm³/mol. The first-order valence-corrected chi connectivity index (χ1v) is 7.71. The fraction of sp³-hybridized carbons (Fsp3) is 0.211. The van der Waals surface area contributed by atoms with Crippen molar-refractivity contribution in [3.8, 4) is 11.3 Å². The Labute approximate surface area is 128 Å². The Morgan fingerprint density at radius 3 is 2.64 bits per heavy atom. The molecule has 1 aromatic heterocycles. The van der Waals surface area contributed by atoms with Crippen molar-refractivity contribution in [1.82, 2.24) is 9.55 Å². The van der Waals surface area contributed by atoms with Crippen LogP contribution in [0.4, 0.5) is 0 Å². The van der Waals surface area contributed by atoms with Gasteiger partial charge in [-0.1, -0.05) is 48.5 Å². The second kappa shape index (κ2) is 4.31. The predicted octanol–water partition coefficient (Wildman–Crippen LogP) is 3.36. The minimum Gasteiger partial charge on any atom is -0.388 e. The van der Waals surface area contributed by atoms with Crippen LogP contribution in [0.3, 0.4) is 0 Å². The molecule has 2 aromatic carbocycles. The molecule has 0 radical (unpaired) electrons. The van der Waals surface area contributed by atoms with Crippen molar-refractivity contribution in [2.45, 2.75) is 18.6 Å². The molecule has 3 aromatic rings. The van der Waals surface area contributed by atoms with Crippen LogP contribution in [0, 0.1) is 5.92 Å². The summed E-state index contributed by atoms with van der Waals surface area (Å²) in [7, 11) is 0. The zero-order valence-electron chi connectivity index (χ0n) is 12.1. The Hall–Kier alpha value is -2.39. The molecule has 0 amide bonds. The number of nitrogens with zero attached hydrogens (tertiary/aromatic N) is 2. The third-order valence-corrected chi connectivity index (χ3v) is 5.16. The third kappa shape index (κ3) is 1.46. The second-order valence-electron chi connectivity index (χ2n) is 6.23. The number of aliphatic hydroxyl groups is 1. The smallest absolute Gasteiger partial charge is 0.0956 e. The zero-order chi connectivity index (χ0) is 14.7. The van der Waals surface area contributed by atoms with Crippen molar-refractivity contribution < 1.29 is 5.11 Å². The lowest BCUT2D eigenvalue weighted by molar-refractivity contribution is 0.102. The van der Waals surface area contributed by atoms with E-state index in [-0.39, 0.29) is 12.0 Å². The molecule has 3 heteroatoms. The molecule has 0 bridgehead atoms. The third-order valence-electron chi connectivity index (χ3n) is 5.16. The summed E-state index contributed by atoms with van der Waals surface area (Å²) < 4.78 is 2.23. The summed E-state index contributed by atoms with van der Waals surface area (Å²) in [5.74, 6) is 0.161. The maximum Gasteiger partial charge on any atom is 0.0956 e. The topological polar surface area (TPSA) is 38.1 Å². The van der Waals surface area contributed by atoms with Gasteiger partial charge in [-0.2, -0.15) is 0 Å². The van der Waals surface area contributed by atoms with Gasteiger partial charge in [0.25, 0.3) is 0 Å². The lowest BCUT2D eigenvalue weighted by Crippen LogP contribution is -2.21. The second-order valence-corrected chi connectivity index (χ2v) is 6.23. The molecule has 0 saturated heterocycles. The van der Waals surface area contributed by atoms with E-state index in [1.807, 2.05) is 18.6 Å². The molecule has 5 rings (SSSR count). The highest BCUT2D eigenvalue weighted by atomic mass is 16.3. The number of fused-ring (bicyclic) bond motifs is 4. The van der Waals surface area contributed by atoms with Crippen LogP contribution in [-0.2, 0) is 6.42 Å². The molecule has 1 aliphatic heterocycles. The summed E-state index contributed by atoms with van der Waals surface area (Å²) >= 11 is 0. The first-order valence-electron chi connectivity index (χ1n) is 7.71. The molecule has 0 saturated carbocycles. The van der Waals surface area contributed by atoms with Gasteiger partial charge >= 0.3 is 0 Å². The van der Waals surface area contributed by atoms with Crippen molar-refractivity contribution in [2.24, 2.45) is 5.92 Å². The highest BCUT2D eigenvalue weighted by molar-refractivity contribution is 5.69. The van der Waals surface area contributed by atoms with Gasteiger partial charge in [0.2, 0.25) is 0 Å². The van der Waals surface area contributed by atoms with Crippen LogP contribution in [0.25, 0.3) is 11.3 Å². The van der Waals surface area contributed by atoms with Gasteiger partial charge in [0.1, 0.15) is 0 Å². The van der Waals surface area contributed by atoms with E-state index in [0.29, 0.717) is 0 Å². The number of benzene rings is 2. The van der Waals surface area contributed by atoms with E-state index >= 15 is 0 Å². The van der Waals surface area contributed by atoms with Crippen LogP contribution >= 0.6 is 0 Å². The van der Waals surface area contributed by atoms with Gasteiger partial charge in [0, 0.05) is 11.5 Å². The van der Waals surface area contributed by atoms with Gasteiger partial charge < -0.3 is 9.67 Å². The number of rotatable bonds is 1. The lowest BCUT2D eigenvalue weighted by atomic mass is 9.88. The maximum atomic E-state index is 10.9. The number of hydrogen-bond acceptors (Lipinski definition) is 2. The van der Waals surface area contributed by atoms with Gasteiger partial charge in [0.15, 0.2) is 0 Å². The van der Waals surface area contributed by atoms with Crippen LogP contribution in [0.1, 0.15) is 28.8 Å². The van der Waals surface area contributed by atoms with E-state index < -0.39 is 6.10 Å². The van der Waals surface area contributed by atoms with Gasteiger partial charge in [-0.15, -0.1) is 0 Å². The van der Waals surface area contributed by atoms with Crippen LogP contribution in [-0.4, -0.2) is 14.7 Å². The van der Waals surface area contributed by atoms with E-state index in [4.69, 9.17) is 0 Å². The fourth-order valence-electron chi connectivity index (χ4n) is 4.20. The number of aliphatic hydroxyl groups excluding tert-OH is 1. The molecular formula is C19H16N2O. The molecule has 3 nitrogen and oxygen atoms in total. The Morgan fingerprint density at radius 2 is 1.77 bits per heavy atom. The quantitative estimate of drug-likeness (QED) is 0.745. The minimum atomic E-state index is -0.414. The number of hydrogen-bond donors (Lipinski definition) is 1. The molecular weight excluding hydrogens is 272 g/mol. The van der Waals surface area contributed by atoms with Crippen LogP contribution in [0.5, 0.6) is 0 Å². The van der Waals surface area contributed by atoms with Crippen LogP contribution in [0.15, 0.2) is 61.1 Å². The fourth-order valence-corrected chi connectivity index (χ4v) is 4.20. The van der Waals surface area contributed by atoms with Crippen LogP contribution < -0.4 is 0 Å². The van der Waals surface area contributed by atoms with E-state index in [2.05, 4.69) is 52.0 Å². The van der Waals surface area contributed by atoms with Gasteiger partial charge in [-0.25, -0.2) is 4.98 Å². The Balaban J connectivity index is 1.66. The molecule has 1 N–H and O–H groups in total. The molecule has 2 aliphatic rings. The molecule has 1 aliphatic carbocycles. The molecule has 2 heterocycles. The van der Waals surface area contributed by atoms with Crippen molar-refractivity contribution in [3.63, 3.8) is 0 Å². The summed E-state index contributed by atoms with van der Waals surface area (Å²) in [5, 5.41) is 10.9. The Morgan fingerprint density at radius 1 is 1.00 bits per heavy atom. The monoisotopic (exact) mass is 288 g/mol. The number of imidazole rings is 1. The van der Waals surface area contributed by atoms with E-state index in [0.717, 1.165) is 17.7 Å². The van der Waals surface area contributed by atoms with Crippen LogP contribution in [0.2, 0.25) is 0 Å². The highest BCUT2D eigenvalue weighted by Gasteiger charge is 2.41. The molecule has 0 spiro atoms. The molecule has 3 atom stereocenters. The molecule has 22 heavy (non-hydrogen) atoms. The molecule has 108 valence electrons. The SMILES string of the molecule is O[C@@H]1c2ccccc2C[C@H]1C1c2ccccc2-c2cncn21. The highest BCUT2D eigenvalue weighted by Crippen LogP contribution is 2.50. The summed E-state index contributed by atoms with van der Waals surface area (Å²) in [5.41, 5.74) is 6.05. The summed E-state index contributed by atoms with van der Waals surface area (Å²) in [4.78, 5) is 4.32. The maximum absolute atomic E-state index is 10.9. The zero-order valence-corrected chi connectivity index (χ0v) is 12.1. The van der Waals surface area contributed by atoms with Gasteiger partial charge in [0.05, 0.1) is 30.4 Å². The standard InChI is InChI=1S/C19H16N2O/c22-19-13-6-2-1-5-12(13)9-16(19)18-15-8-4-3-7-14(15)17-10-20-11-21(17)18/h1-8,10-11,16,18-19,22H,9H2/t16-,18?,19+/m0/s1. The first-order chi connectivity index (χ1) is 10.8. The Bertz CT molecular complexity index is 867. The van der Waals surface area contributed by atoms with Crippen molar-refractivity contribution in [3.05, 3.63) is 77.7 Å². The van der Waals surface area contributed by atoms with Crippen molar-refractivity contribution >= 4 is 0 Å². The lowest BCUT2D eigenvalue weighted by Gasteiger charge is -2.25. The minimum absolute atomic E-state index is 0.161. The number of aromatic nitrogens is 2. The average molecular weight is 288 g/mol. The molecule has 1 unspecified atom stereocenters. The van der Waals surface area contributed by atoms with Gasteiger partial charge in [-0.05, 0) is 23.1 Å². The summed E-state index contributed by atoms with van der Waals surface area (Å²) in [6, 6.07) is 16.9. The normalized spacial score (nSPS) is 24.9. The van der Waals surface area contributed by atoms with Gasteiger partial charge in [-0.3, -0.25) is 0 Å². The largest absolute Gasteiger partial charge is 0.388 e. The summed E-state index contributed by atoms with van der Waals surface area (Å²) in [6.45, 7) is 0. The average Bonchev–Trinajstić information content (AvgIpc) is 3.21. The van der Waals surface area contributed by atoms with Crippen molar-refractivity contribution in [1.29, 1.82) is 0 Å². The van der Waals surface area contributed by atoms with E-state index in [1.54, 1.807) is 0 Å². The summed E-state index contributed by atoms with van der Waals surface area (Å²) in [6.07, 6.45) is 4.32. The molecule has 0 fully saturated rings. The van der Waals surface area contributed by atoms with E-state index in [1.165, 1.54) is 16.7 Å². The first kappa shape index (κ1) is 12.2. The Kier molecular flexibility index (Phi) is 2.38. The van der Waals surface area contributed by atoms with Crippen molar-refractivity contribution in [2.75, 3.05) is 0 Å². The van der Waals surface area contributed by atoms with E-state index in [9.17, 15) is 5.11 Å².